The van der Waals surface area contributed by atoms with Gasteiger partial charge in [-0.25, -0.2) is 0 Å². The van der Waals surface area contributed by atoms with E-state index in [1.807, 2.05) is 6.92 Å². The van der Waals surface area contributed by atoms with E-state index in [4.69, 9.17) is 9.84 Å². The number of carbonyl (C=O) groups is 2. The smallest absolute Gasteiger partial charge is 0.313 e. The molecule has 0 spiro atoms. The summed E-state index contributed by atoms with van der Waals surface area (Å²) in [6, 6.07) is 0. The third-order valence-electron chi connectivity index (χ3n) is 1.72. The minimum absolute atomic E-state index is 0.0668. The molecule has 2 N–H and O–H groups in total. The van der Waals surface area contributed by atoms with E-state index in [-0.39, 0.29) is 11.7 Å². The van der Waals surface area contributed by atoms with E-state index < -0.39 is 12.1 Å². The largest absolute Gasteiger partial charge is 0.481 e. The van der Waals surface area contributed by atoms with E-state index in [0.29, 0.717) is 18.7 Å². The molecule has 1 amide bonds. The molecule has 0 aromatic rings. The van der Waals surface area contributed by atoms with Crippen LogP contribution in [0, 0.1) is 0 Å². The second-order valence-electron chi connectivity index (χ2n) is 2.87. The summed E-state index contributed by atoms with van der Waals surface area (Å²) in [5.74, 6) is -0.319. The van der Waals surface area contributed by atoms with Gasteiger partial charge in [0.1, 0.15) is 6.10 Å². The summed E-state index contributed by atoms with van der Waals surface area (Å²) in [7, 11) is 1.49. The third kappa shape index (κ3) is 7.21. The molecule has 6 heteroatoms. The van der Waals surface area contributed by atoms with E-state index in [1.54, 1.807) is 0 Å². The Labute approximate surface area is 93.6 Å². The van der Waals surface area contributed by atoms with Gasteiger partial charge in [-0.15, -0.1) is 11.8 Å². The number of nitrogens with one attached hydrogen (secondary N) is 1. The maximum atomic E-state index is 11.3. The molecule has 1 atom stereocenters. The zero-order chi connectivity index (χ0) is 11.7. The average Bonchev–Trinajstić information content (AvgIpc) is 2.18. The molecule has 0 aromatic heterocycles. The number of methoxy groups -OCH3 is 1. The monoisotopic (exact) mass is 235 g/mol. The first-order chi connectivity index (χ1) is 7.11. The van der Waals surface area contributed by atoms with Crippen LogP contribution in [0.1, 0.15) is 13.3 Å². The van der Waals surface area contributed by atoms with Crippen molar-refractivity contribution in [1.29, 1.82) is 0 Å². The van der Waals surface area contributed by atoms with Crippen molar-refractivity contribution in [2.24, 2.45) is 0 Å². The van der Waals surface area contributed by atoms with Crippen LogP contribution in [-0.2, 0) is 14.3 Å². The molecule has 15 heavy (non-hydrogen) atoms. The summed E-state index contributed by atoms with van der Waals surface area (Å²) in [5.41, 5.74) is 0. The molecular formula is C9H17NO4S. The number of carboxylic acid groups (broad SMARTS) is 1. The van der Waals surface area contributed by atoms with Gasteiger partial charge in [0.2, 0.25) is 5.91 Å². The van der Waals surface area contributed by atoms with Crippen LogP contribution in [0.2, 0.25) is 0 Å². The van der Waals surface area contributed by atoms with E-state index in [9.17, 15) is 9.59 Å². The van der Waals surface area contributed by atoms with Crippen LogP contribution in [0.25, 0.3) is 0 Å². The predicted molar refractivity (Wildman–Crippen MR) is 59.1 cm³/mol. The molecular weight excluding hydrogens is 218 g/mol. The van der Waals surface area contributed by atoms with E-state index in [0.717, 1.165) is 0 Å². The number of carbonyl (C=O) groups excluding carboxylic acids is 1. The number of rotatable bonds is 8. The first kappa shape index (κ1) is 14.2. The zero-order valence-corrected chi connectivity index (χ0v) is 9.80. The highest BCUT2D eigenvalue weighted by Gasteiger charge is 2.13. The molecule has 0 bridgehead atoms. The quantitative estimate of drug-likeness (QED) is 0.594. The van der Waals surface area contributed by atoms with Crippen molar-refractivity contribution < 1.29 is 19.4 Å². The molecule has 0 heterocycles. The lowest BCUT2D eigenvalue weighted by Crippen LogP contribution is -2.36. The molecule has 0 saturated heterocycles. The summed E-state index contributed by atoms with van der Waals surface area (Å²) >= 11 is 1.28. The van der Waals surface area contributed by atoms with Gasteiger partial charge in [-0.3, -0.25) is 9.59 Å². The van der Waals surface area contributed by atoms with Crippen molar-refractivity contribution >= 4 is 23.6 Å². The Kier molecular flexibility index (Phi) is 8.12. The van der Waals surface area contributed by atoms with Gasteiger partial charge in [-0.2, -0.15) is 0 Å². The van der Waals surface area contributed by atoms with E-state index in [2.05, 4.69) is 5.32 Å². The van der Waals surface area contributed by atoms with E-state index >= 15 is 0 Å². The zero-order valence-electron chi connectivity index (χ0n) is 8.99. The Morgan fingerprint density at radius 2 is 2.20 bits per heavy atom. The molecule has 88 valence electrons. The lowest BCUT2D eigenvalue weighted by molar-refractivity contribution is -0.134. The molecule has 0 aliphatic heterocycles. The van der Waals surface area contributed by atoms with Gasteiger partial charge >= 0.3 is 5.97 Å². The van der Waals surface area contributed by atoms with Gasteiger partial charge in [0.25, 0.3) is 0 Å². The number of ether oxygens (including phenoxy) is 1. The molecule has 1 unspecified atom stereocenters. The SMILES string of the molecule is CCC(OC)C(=O)NCCSCC(=O)O. The first-order valence-electron chi connectivity index (χ1n) is 4.71. The minimum Gasteiger partial charge on any atom is -0.481 e. The molecule has 0 aliphatic rings. The van der Waals surface area contributed by atoms with Crippen molar-refractivity contribution in [3.63, 3.8) is 0 Å². The molecule has 0 fully saturated rings. The van der Waals surface area contributed by atoms with Gasteiger partial charge in [0.15, 0.2) is 0 Å². The molecule has 0 saturated carbocycles. The van der Waals surface area contributed by atoms with Crippen molar-refractivity contribution in [3.8, 4) is 0 Å². The van der Waals surface area contributed by atoms with Gasteiger partial charge in [0.05, 0.1) is 5.75 Å². The summed E-state index contributed by atoms with van der Waals surface area (Å²) < 4.78 is 4.94. The number of hydrogen-bond acceptors (Lipinski definition) is 4. The Balaban J connectivity index is 3.50. The van der Waals surface area contributed by atoms with Crippen molar-refractivity contribution in [2.75, 3.05) is 25.2 Å². The predicted octanol–water partition coefficient (Wildman–Crippen LogP) is 0.345. The maximum Gasteiger partial charge on any atom is 0.313 e. The van der Waals surface area contributed by atoms with Crippen molar-refractivity contribution in [1.82, 2.24) is 5.32 Å². The van der Waals surface area contributed by atoms with Gasteiger partial charge < -0.3 is 15.2 Å². The summed E-state index contributed by atoms with van der Waals surface area (Å²) in [4.78, 5) is 21.5. The summed E-state index contributed by atoms with van der Waals surface area (Å²) in [6.45, 7) is 2.34. The van der Waals surface area contributed by atoms with Crippen LogP contribution in [0.15, 0.2) is 0 Å². The molecule has 0 rings (SSSR count). The lowest BCUT2D eigenvalue weighted by Gasteiger charge is -2.12. The van der Waals surface area contributed by atoms with Gasteiger partial charge in [-0.1, -0.05) is 6.92 Å². The number of hydrogen-bond donors (Lipinski definition) is 2. The fourth-order valence-corrected chi connectivity index (χ4v) is 1.54. The normalized spacial score (nSPS) is 12.1. The van der Waals surface area contributed by atoms with Crippen LogP contribution in [0.4, 0.5) is 0 Å². The fourth-order valence-electron chi connectivity index (χ4n) is 0.979. The molecule has 0 aromatic carbocycles. The van der Waals surface area contributed by atoms with Crippen LogP contribution in [0.5, 0.6) is 0 Å². The average molecular weight is 235 g/mol. The van der Waals surface area contributed by atoms with Crippen LogP contribution in [-0.4, -0.2) is 48.2 Å². The standard InChI is InChI=1S/C9H17NO4S/c1-3-7(14-2)9(13)10-4-5-15-6-8(11)12/h7H,3-6H2,1-2H3,(H,10,13)(H,11,12). The highest BCUT2D eigenvalue weighted by molar-refractivity contribution is 7.99. The fraction of sp³-hybridized carbons (Fsp3) is 0.778. The molecule has 0 aliphatic carbocycles. The third-order valence-corrected chi connectivity index (χ3v) is 2.66. The first-order valence-corrected chi connectivity index (χ1v) is 5.87. The molecule has 5 nitrogen and oxygen atoms in total. The Morgan fingerprint density at radius 1 is 1.53 bits per heavy atom. The number of aliphatic carboxylic acids is 1. The number of thioether (sulfide) groups is 1. The van der Waals surface area contributed by atoms with Crippen LogP contribution < -0.4 is 5.32 Å². The van der Waals surface area contributed by atoms with Crippen molar-refractivity contribution in [3.05, 3.63) is 0 Å². The highest BCUT2D eigenvalue weighted by Crippen LogP contribution is 1.98. The van der Waals surface area contributed by atoms with Crippen LogP contribution in [0.3, 0.4) is 0 Å². The molecule has 0 radical (unpaired) electrons. The highest BCUT2D eigenvalue weighted by atomic mass is 32.2. The maximum absolute atomic E-state index is 11.3. The van der Waals surface area contributed by atoms with Gasteiger partial charge in [0, 0.05) is 19.4 Å². The topological polar surface area (TPSA) is 75.6 Å². The van der Waals surface area contributed by atoms with Crippen molar-refractivity contribution in [2.45, 2.75) is 19.4 Å². The minimum atomic E-state index is -0.838. The Morgan fingerprint density at radius 3 is 2.67 bits per heavy atom. The van der Waals surface area contributed by atoms with Gasteiger partial charge in [-0.05, 0) is 6.42 Å². The Bertz CT molecular complexity index is 206. The van der Waals surface area contributed by atoms with E-state index in [1.165, 1.54) is 18.9 Å². The Hall–Kier alpha value is -0.750. The second kappa shape index (κ2) is 8.55. The second-order valence-corrected chi connectivity index (χ2v) is 3.98. The summed E-state index contributed by atoms with van der Waals surface area (Å²) in [5, 5.41) is 11.0. The number of amides is 1. The summed E-state index contributed by atoms with van der Waals surface area (Å²) in [6.07, 6.45) is 0.222. The van der Waals surface area contributed by atoms with Crippen LogP contribution >= 0.6 is 11.8 Å². The lowest BCUT2D eigenvalue weighted by atomic mass is 10.2. The number of carboxylic acids is 1.